The maximum atomic E-state index is 4.68. The van der Waals surface area contributed by atoms with Crippen LogP contribution < -0.4 is 0 Å². The minimum Gasteiger partial charge on any atom is -0.250 e. The van der Waals surface area contributed by atoms with Crippen LogP contribution in [0.2, 0.25) is 0 Å². The summed E-state index contributed by atoms with van der Waals surface area (Å²) in [6, 6.07) is 8.06. The molecule has 0 saturated carbocycles. The van der Waals surface area contributed by atoms with Crippen LogP contribution in [0.25, 0.3) is 27.6 Å². The number of aryl methyl sites for hydroxylation is 2. The van der Waals surface area contributed by atoms with E-state index in [9.17, 15) is 0 Å². The fraction of sp³-hybridized carbons (Fsp3) is 0.364. The Morgan fingerprint density at radius 2 is 1.63 bits per heavy atom. The van der Waals surface area contributed by atoms with Crippen molar-refractivity contribution in [2.45, 2.75) is 46.5 Å². The van der Waals surface area contributed by atoms with Gasteiger partial charge in [-0.2, -0.15) is 9.61 Å². The molecule has 0 unspecified atom stereocenters. The van der Waals surface area contributed by atoms with Gasteiger partial charge in [0.15, 0.2) is 11.3 Å². The van der Waals surface area contributed by atoms with Crippen LogP contribution in [0.5, 0.6) is 0 Å². The summed E-state index contributed by atoms with van der Waals surface area (Å²) in [5.74, 6) is 2.47. The van der Waals surface area contributed by atoms with Crippen molar-refractivity contribution >= 4 is 27.6 Å². The van der Waals surface area contributed by atoms with Crippen molar-refractivity contribution in [2.24, 2.45) is 7.05 Å². The van der Waals surface area contributed by atoms with E-state index in [1.807, 2.05) is 48.9 Å². The highest BCUT2D eigenvalue weighted by molar-refractivity contribution is 5.91. The fourth-order valence-electron chi connectivity index (χ4n) is 3.49. The number of benzene rings is 1. The molecule has 1 aromatic carbocycles. The van der Waals surface area contributed by atoms with Crippen molar-refractivity contribution in [1.82, 2.24) is 39.3 Å². The topological polar surface area (TPSA) is 86.7 Å². The van der Waals surface area contributed by atoms with Crippen molar-refractivity contribution in [3.8, 4) is 0 Å². The van der Waals surface area contributed by atoms with Crippen LogP contribution >= 0.6 is 0 Å². The molecule has 0 fully saturated rings. The molecule has 4 aromatic heterocycles. The number of rotatable bonds is 2. The van der Waals surface area contributed by atoms with Gasteiger partial charge in [0, 0.05) is 18.4 Å². The maximum Gasteiger partial charge on any atom is 0.167 e. The van der Waals surface area contributed by atoms with E-state index in [-0.39, 0.29) is 0 Å². The first-order valence-corrected chi connectivity index (χ1v) is 10.1. The predicted octanol–water partition coefficient (Wildman–Crippen LogP) is 4.20. The summed E-state index contributed by atoms with van der Waals surface area (Å²) in [4.78, 5) is 17.6. The normalized spacial score (nSPS) is 11.6. The van der Waals surface area contributed by atoms with Crippen molar-refractivity contribution in [3.63, 3.8) is 0 Å². The molecule has 30 heavy (non-hydrogen) atoms. The van der Waals surface area contributed by atoms with Crippen LogP contribution in [-0.4, -0.2) is 39.3 Å². The Bertz CT molecular complexity index is 1330. The molecule has 0 amide bonds. The molecule has 0 aliphatic rings. The Morgan fingerprint density at radius 1 is 0.867 bits per heavy atom. The van der Waals surface area contributed by atoms with Gasteiger partial charge in [0.05, 0.1) is 22.8 Å². The molecular formula is C22H26N8. The molecule has 5 aromatic rings. The third-order valence-electron chi connectivity index (χ3n) is 4.93. The van der Waals surface area contributed by atoms with Gasteiger partial charge in [-0.1, -0.05) is 39.8 Å². The van der Waals surface area contributed by atoms with Crippen LogP contribution in [0.3, 0.4) is 0 Å². The van der Waals surface area contributed by atoms with E-state index in [2.05, 4.69) is 57.8 Å². The second kappa shape index (κ2) is 7.78. The molecule has 154 valence electrons. The zero-order chi connectivity index (χ0) is 21.4. The van der Waals surface area contributed by atoms with Crippen molar-refractivity contribution < 1.29 is 0 Å². The molecule has 0 radical (unpaired) electrons. The van der Waals surface area contributed by atoms with Gasteiger partial charge in [-0.05, 0) is 25.0 Å². The van der Waals surface area contributed by atoms with Crippen LogP contribution in [0.4, 0.5) is 0 Å². The first-order valence-electron chi connectivity index (χ1n) is 10.1. The van der Waals surface area contributed by atoms with Crippen LogP contribution in [-0.2, 0) is 7.05 Å². The standard InChI is InChI=1S/C13H14N4.C9H12N4/c1-8(2)12-15-11-7-5-4-6-10(11)13-14-9(3)16-17(12)13;1-6(2)8-7-4-12-13(3)9(7)11-5-10-8/h4-8H,1-3H3;4-6H,1-3H3. The first-order chi connectivity index (χ1) is 14.4. The Morgan fingerprint density at radius 3 is 2.37 bits per heavy atom. The van der Waals surface area contributed by atoms with Gasteiger partial charge in [-0.3, -0.25) is 4.68 Å². The molecule has 0 atom stereocenters. The van der Waals surface area contributed by atoms with Gasteiger partial charge in [-0.25, -0.2) is 19.9 Å². The van der Waals surface area contributed by atoms with Crippen molar-refractivity contribution in [1.29, 1.82) is 0 Å². The minimum absolute atomic E-state index is 0.322. The van der Waals surface area contributed by atoms with Gasteiger partial charge in [0.1, 0.15) is 18.0 Å². The Hall–Kier alpha value is -3.42. The summed E-state index contributed by atoms with van der Waals surface area (Å²) in [5.41, 5.74) is 3.85. The largest absolute Gasteiger partial charge is 0.250 e. The molecule has 0 N–H and O–H groups in total. The van der Waals surface area contributed by atoms with Gasteiger partial charge in [0.25, 0.3) is 0 Å². The van der Waals surface area contributed by atoms with E-state index in [0.717, 1.165) is 44.9 Å². The molecule has 0 saturated heterocycles. The average Bonchev–Trinajstić information content (AvgIpc) is 3.30. The van der Waals surface area contributed by atoms with Gasteiger partial charge in [-0.15, -0.1) is 5.10 Å². The third-order valence-corrected chi connectivity index (χ3v) is 4.93. The van der Waals surface area contributed by atoms with Crippen LogP contribution in [0, 0.1) is 6.92 Å². The SMILES string of the molecule is CC(C)c1ncnc2c1cnn2C.Cc1nc2c3ccccc3nc(C(C)C)n2n1. The highest BCUT2D eigenvalue weighted by Crippen LogP contribution is 2.22. The monoisotopic (exact) mass is 402 g/mol. The van der Waals surface area contributed by atoms with Gasteiger partial charge in [0.2, 0.25) is 0 Å². The van der Waals surface area contributed by atoms with E-state index in [1.165, 1.54) is 0 Å². The molecule has 4 heterocycles. The zero-order valence-corrected chi connectivity index (χ0v) is 18.2. The fourth-order valence-corrected chi connectivity index (χ4v) is 3.49. The predicted molar refractivity (Wildman–Crippen MR) is 118 cm³/mol. The summed E-state index contributed by atoms with van der Waals surface area (Å²) in [6.07, 6.45) is 3.42. The van der Waals surface area contributed by atoms with E-state index < -0.39 is 0 Å². The van der Waals surface area contributed by atoms with Gasteiger partial charge < -0.3 is 0 Å². The molecule has 0 spiro atoms. The third kappa shape index (κ3) is 3.49. The second-order valence-electron chi connectivity index (χ2n) is 7.96. The summed E-state index contributed by atoms with van der Waals surface area (Å²) < 4.78 is 3.63. The second-order valence-corrected chi connectivity index (χ2v) is 7.96. The minimum atomic E-state index is 0.322. The molecule has 0 bridgehead atoms. The molecule has 8 heteroatoms. The van der Waals surface area contributed by atoms with Crippen LogP contribution in [0.15, 0.2) is 36.8 Å². The lowest BCUT2D eigenvalue weighted by Gasteiger charge is -2.08. The number of para-hydroxylation sites is 1. The smallest absolute Gasteiger partial charge is 0.167 e. The summed E-state index contributed by atoms with van der Waals surface area (Å²) >= 11 is 0. The molecular weight excluding hydrogens is 376 g/mol. The van der Waals surface area contributed by atoms with Gasteiger partial charge >= 0.3 is 0 Å². The number of hydrogen-bond donors (Lipinski definition) is 0. The Balaban J connectivity index is 0.000000151. The first kappa shape index (κ1) is 19.9. The van der Waals surface area contributed by atoms with Crippen molar-refractivity contribution in [2.75, 3.05) is 0 Å². The number of nitrogens with zero attached hydrogens (tertiary/aromatic N) is 8. The Labute approximate surface area is 175 Å². The number of hydrogen-bond acceptors (Lipinski definition) is 6. The lowest BCUT2D eigenvalue weighted by Crippen LogP contribution is -2.05. The van der Waals surface area contributed by atoms with E-state index in [1.54, 1.807) is 11.0 Å². The lowest BCUT2D eigenvalue weighted by atomic mass is 10.1. The molecule has 0 aliphatic carbocycles. The maximum absolute atomic E-state index is 4.68. The van der Waals surface area contributed by atoms with E-state index in [0.29, 0.717) is 11.8 Å². The zero-order valence-electron chi connectivity index (χ0n) is 18.2. The molecule has 0 aliphatic heterocycles. The molecule has 8 nitrogen and oxygen atoms in total. The number of aromatic nitrogens is 8. The highest BCUT2D eigenvalue weighted by Gasteiger charge is 2.13. The Kier molecular flexibility index (Phi) is 5.15. The summed E-state index contributed by atoms with van der Waals surface area (Å²) in [5, 5.41) is 10.7. The number of fused-ring (bicyclic) bond motifs is 4. The lowest BCUT2D eigenvalue weighted by molar-refractivity contribution is 0.717. The highest BCUT2D eigenvalue weighted by atomic mass is 15.3. The van der Waals surface area contributed by atoms with Crippen LogP contribution in [0.1, 0.15) is 56.9 Å². The van der Waals surface area contributed by atoms with Crippen molar-refractivity contribution in [3.05, 3.63) is 54.1 Å². The average molecular weight is 403 g/mol. The van der Waals surface area contributed by atoms with E-state index >= 15 is 0 Å². The van der Waals surface area contributed by atoms with E-state index in [4.69, 9.17) is 0 Å². The summed E-state index contributed by atoms with van der Waals surface area (Å²) in [7, 11) is 1.89. The summed E-state index contributed by atoms with van der Waals surface area (Å²) in [6.45, 7) is 10.4. The quantitative estimate of drug-likeness (QED) is 0.440. The molecule has 5 rings (SSSR count).